The predicted octanol–water partition coefficient (Wildman–Crippen LogP) is 2.71. The van der Waals surface area contributed by atoms with Crippen LogP contribution in [0.3, 0.4) is 0 Å². The lowest BCUT2D eigenvalue weighted by Gasteiger charge is -2.36. The molecular formula is C23H25FN4O4S. The van der Waals surface area contributed by atoms with Gasteiger partial charge >= 0.3 is 6.09 Å². The Balaban J connectivity index is 1.34. The fourth-order valence-corrected chi connectivity index (χ4v) is 4.46. The normalized spacial score (nSPS) is 18.7. The van der Waals surface area contributed by atoms with Crippen molar-refractivity contribution in [2.75, 3.05) is 49.1 Å². The maximum absolute atomic E-state index is 14.9. The maximum atomic E-state index is 14.9. The minimum absolute atomic E-state index is 0.0574. The van der Waals surface area contributed by atoms with Crippen LogP contribution in [0.25, 0.3) is 6.08 Å². The van der Waals surface area contributed by atoms with Gasteiger partial charge in [-0.1, -0.05) is 0 Å². The Hall–Kier alpha value is -3.40. The van der Waals surface area contributed by atoms with Crippen molar-refractivity contribution < 1.29 is 23.5 Å². The van der Waals surface area contributed by atoms with Crippen LogP contribution in [0.1, 0.15) is 12.5 Å². The third-order valence-electron chi connectivity index (χ3n) is 5.59. The molecule has 0 aliphatic carbocycles. The first-order valence-corrected chi connectivity index (χ1v) is 11.6. The monoisotopic (exact) mass is 472 g/mol. The Labute approximate surface area is 195 Å². The van der Waals surface area contributed by atoms with Crippen molar-refractivity contribution in [3.8, 4) is 0 Å². The number of hydrogen-bond donors (Lipinski definition) is 1. The van der Waals surface area contributed by atoms with Crippen LogP contribution in [-0.2, 0) is 14.3 Å². The molecule has 2 aliphatic heterocycles. The topological polar surface area (TPSA) is 82.2 Å². The second-order valence-corrected chi connectivity index (χ2v) is 8.67. The summed E-state index contributed by atoms with van der Waals surface area (Å²) < 4.78 is 20.2. The molecular weight excluding hydrogens is 447 g/mol. The number of anilines is 2. The van der Waals surface area contributed by atoms with Gasteiger partial charge in [-0.25, -0.2) is 9.18 Å². The van der Waals surface area contributed by atoms with Crippen molar-refractivity contribution in [3.63, 3.8) is 0 Å². The van der Waals surface area contributed by atoms with Gasteiger partial charge in [-0.3, -0.25) is 14.5 Å². The Morgan fingerprint density at radius 1 is 1.24 bits per heavy atom. The van der Waals surface area contributed by atoms with Crippen molar-refractivity contribution in [2.45, 2.75) is 13.0 Å². The standard InChI is InChI=1S/C23H25FN4O4S/c1-16(29)25-13-19-14-28(23(31)32-19)18-3-4-21(20(24)12-18)26-7-9-27(10-8-26)22(30)5-2-17-6-11-33-15-17/h2-6,11-12,15,19H,7-10,13-14H2,1H3,(H,25,29)/t19-/m0/s1. The van der Waals surface area contributed by atoms with Gasteiger partial charge in [0.15, 0.2) is 0 Å². The van der Waals surface area contributed by atoms with Gasteiger partial charge in [0.2, 0.25) is 11.8 Å². The number of halogens is 1. The molecule has 1 N–H and O–H groups in total. The lowest BCUT2D eigenvalue weighted by molar-refractivity contribution is -0.126. The Morgan fingerprint density at radius 2 is 2.03 bits per heavy atom. The lowest BCUT2D eigenvalue weighted by Crippen LogP contribution is -2.48. The van der Waals surface area contributed by atoms with Gasteiger partial charge < -0.3 is 19.9 Å². The second-order valence-electron chi connectivity index (χ2n) is 7.89. The summed E-state index contributed by atoms with van der Waals surface area (Å²) >= 11 is 1.58. The first kappa shape index (κ1) is 22.8. The third-order valence-corrected chi connectivity index (χ3v) is 6.29. The molecule has 4 rings (SSSR count). The molecule has 1 aromatic carbocycles. The number of rotatable bonds is 6. The summed E-state index contributed by atoms with van der Waals surface area (Å²) in [7, 11) is 0. The van der Waals surface area contributed by atoms with Gasteiger partial charge in [0, 0.05) is 39.2 Å². The Morgan fingerprint density at radius 3 is 2.70 bits per heavy atom. The van der Waals surface area contributed by atoms with Gasteiger partial charge in [-0.05, 0) is 46.7 Å². The molecule has 2 aliphatic rings. The molecule has 2 saturated heterocycles. The molecule has 0 unspecified atom stereocenters. The Bertz CT molecular complexity index is 1050. The highest BCUT2D eigenvalue weighted by Crippen LogP contribution is 2.28. The van der Waals surface area contributed by atoms with E-state index in [1.54, 1.807) is 40.5 Å². The number of nitrogens with one attached hydrogen (secondary N) is 1. The summed E-state index contributed by atoms with van der Waals surface area (Å²) in [5, 5.41) is 6.54. The van der Waals surface area contributed by atoms with Crippen molar-refractivity contribution >= 4 is 46.7 Å². The minimum Gasteiger partial charge on any atom is -0.442 e. The van der Waals surface area contributed by atoms with Crippen LogP contribution in [-0.4, -0.2) is 68.2 Å². The molecule has 2 fully saturated rings. The van der Waals surface area contributed by atoms with E-state index in [0.717, 1.165) is 5.56 Å². The zero-order valence-corrected chi connectivity index (χ0v) is 19.0. The van der Waals surface area contributed by atoms with E-state index < -0.39 is 18.0 Å². The molecule has 3 amide bonds. The summed E-state index contributed by atoms with van der Waals surface area (Å²) in [4.78, 5) is 40.7. The zero-order chi connectivity index (χ0) is 23.4. The van der Waals surface area contributed by atoms with E-state index in [1.807, 2.05) is 21.7 Å². The van der Waals surface area contributed by atoms with Crippen LogP contribution >= 0.6 is 11.3 Å². The second kappa shape index (κ2) is 10.0. The number of carbonyl (C=O) groups is 3. The largest absolute Gasteiger partial charge is 0.442 e. The van der Waals surface area contributed by atoms with Crippen LogP contribution in [0.4, 0.5) is 20.6 Å². The molecule has 0 radical (unpaired) electrons. The SMILES string of the molecule is CC(=O)NC[C@H]1CN(c2ccc(N3CCN(C(=O)C=Cc4ccsc4)CC3)c(F)c2)C(=O)O1. The third kappa shape index (κ3) is 5.51. The molecule has 33 heavy (non-hydrogen) atoms. The molecule has 3 heterocycles. The number of piperazine rings is 1. The average Bonchev–Trinajstić information content (AvgIpc) is 3.45. The van der Waals surface area contributed by atoms with Gasteiger partial charge in [-0.2, -0.15) is 11.3 Å². The number of benzene rings is 1. The number of nitrogens with zero attached hydrogens (tertiary/aromatic N) is 3. The summed E-state index contributed by atoms with van der Waals surface area (Å²) in [6, 6.07) is 6.59. The lowest BCUT2D eigenvalue weighted by atomic mass is 10.2. The van der Waals surface area contributed by atoms with Gasteiger partial charge in [-0.15, -0.1) is 0 Å². The predicted molar refractivity (Wildman–Crippen MR) is 125 cm³/mol. The zero-order valence-electron chi connectivity index (χ0n) is 18.2. The smallest absolute Gasteiger partial charge is 0.414 e. The highest BCUT2D eigenvalue weighted by molar-refractivity contribution is 7.08. The molecule has 1 atom stereocenters. The fraction of sp³-hybridized carbons (Fsp3) is 0.348. The van der Waals surface area contributed by atoms with Gasteiger partial charge in [0.1, 0.15) is 11.9 Å². The molecule has 8 nitrogen and oxygen atoms in total. The van der Waals surface area contributed by atoms with E-state index in [-0.39, 0.29) is 24.9 Å². The summed E-state index contributed by atoms with van der Waals surface area (Å²) in [6.45, 7) is 3.85. The van der Waals surface area contributed by atoms with Crippen LogP contribution in [0.2, 0.25) is 0 Å². The highest BCUT2D eigenvalue weighted by Gasteiger charge is 2.33. The summed E-state index contributed by atoms with van der Waals surface area (Å²) in [5.74, 6) is -0.707. The first-order valence-electron chi connectivity index (χ1n) is 10.7. The molecule has 0 bridgehead atoms. The minimum atomic E-state index is -0.569. The van der Waals surface area contributed by atoms with Crippen LogP contribution in [0, 0.1) is 5.82 Å². The van der Waals surface area contributed by atoms with Crippen LogP contribution in [0.15, 0.2) is 41.1 Å². The van der Waals surface area contributed by atoms with E-state index in [9.17, 15) is 18.8 Å². The first-order chi connectivity index (χ1) is 15.9. The average molecular weight is 473 g/mol. The summed E-state index contributed by atoms with van der Waals surface area (Å²) in [6.07, 6.45) is 2.32. The van der Waals surface area contributed by atoms with Crippen LogP contribution < -0.4 is 15.1 Å². The van der Waals surface area contributed by atoms with Crippen molar-refractivity contribution in [1.29, 1.82) is 0 Å². The number of hydrogen-bond acceptors (Lipinski definition) is 6. The number of thiophene rings is 1. The fourth-order valence-electron chi connectivity index (χ4n) is 3.83. The van der Waals surface area contributed by atoms with Crippen molar-refractivity contribution in [3.05, 3.63) is 52.5 Å². The molecule has 0 saturated carbocycles. The Kier molecular flexibility index (Phi) is 6.93. The number of ether oxygens (including phenoxy) is 1. The van der Waals surface area contributed by atoms with Gasteiger partial charge in [0.05, 0.1) is 24.5 Å². The highest BCUT2D eigenvalue weighted by atomic mass is 32.1. The molecule has 0 spiro atoms. The van der Waals surface area contributed by atoms with E-state index in [2.05, 4.69) is 5.32 Å². The number of amides is 3. The van der Waals surface area contributed by atoms with E-state index >= 15 is 0 Å². The molecule has 174 valence electrons. The van der Waals surface area contributed by atoms with Gasteiger partial charge in [0.25, 0.3) is 0 Å². The van der Waals surface area contributed by atoms with E-state index in [1.165, 1.54) is 17.9 Å². The van der Waals surface area contributed by atoms with E-state index in [0.29, 0.717) is 37.6 Å². The number of cyclic esters (lactones) is 1. The maximum Gasteiger partial charge on any atom is 0.414 e. The van der Waals surface area contributed by atoms with Crippen molar-refractivity contribution in [2.24, 2.45) is 0 Å². The molecule has 2 aromatic rings. The van der Waals surface area contributed by atoms with Crippen molar-refractivity contribution in [1.82, 2.24) is 10.2 Å². The molecule has 10 heteroatoms. The quantitative estimate of drug-likeness (QED) is 0.654. The molecule has 1 aromatic heterocycles. The number of carbonyl (C=O) groups excluding carboxylic acids is 3. The summed E-state index contributed by atoms with van der Waals surface area (Å²) in [5.41, 5.74) is 1.83. The van der Waals surface area contributed by atoms with E-state index in [4.69, 9.17) is 4.74 Å². The van der Waals surface area contributed by atoms with Crippen LogP contribution in [0.5, 0.6) is 0 Å².